The minimum absolute atomic E-state index is 0.0379. The maximum absolute atomic E-state index is 12.6. The van der Waals surface area contributed by atoms with Gasteiger partial charge in [-0.3, -0.25) is 14.2 Å². The molecule has 1 unspecified atom stereocenters. The number of ether oxygens (including phenoxy) is 2. The van der Waals surface area contributed by atoms with Crippen LogP contribution in [0.3, 0.4) is 0 Å². The molecular weight excluding hydrogens is 701 g/mol. The summed E-state index contributed by atoms with van der Waals surface area (Å²) in [5.74, 6) is -0.871. The largest absolute Gasteiger partial charge is 0.756 e. The van der Waals surface area contributed by atoms with Crippen LogP contribution in [0, 0.1) is 0 Å². The van der Waals surface area contributed by atoms with Crippen LogP contribution in [-0.2, 0) is 32.7 Å². The van der Waals surface area contributed by atoms with Crippen molar-refractivity contribution in [1.82, 2.24) is 0 Å². The Morgan fingerprint density at radius 2 is 1.04 bits per heavy atom. The third kappa shape index (κ3) is 39.7. The highest BCUT2D eigenvalue weighted by atomic mass is 31.2. The molecule has 10 heteroatoms. The summed E-state index contributed by atoms with van der Waals surface area (Å²) in [6.07, 6.45) is 41.3. The Labute approximate surface area is 331 Å². The van der Waals surface area contributed by atoms with Gasteiger partial charge in [0, 0.05) is 12.8 Å². The van der Waals surface area contributed by atoms with E-state index < -0.39 is 32.5 Å². The molecule has 0 spiro atoms. The fraction of sp³-hybridized carbons (Fsp3) is 0.773. The number of allylic oxidation sites excluding steroid dienone is 8. The Bertz CT molecular complexity index is 1070. The second-order valence-electron chi connectivity index (χ2n) is 15.4. The van der Waals surface area contributed by atoms with Gasteiger partial charge in [-0.15, -0.1) is 0 Å². The molecule has 0 saturated carbocycles. The quantitative estimate of drug-likeness (QED) is 0.0200. The zero-order valence-corrected chi connectivity index (χ0v) is 36.0. The van der Waals surface area contributed by atoms with Crippen LogP contribution in [0.1, 0.15) is 168 Å². The maximum Gasteiger partial charge on any atom is 0.306 e. The van der Waals surface area contributed by atoms with Gasteiger partial charge in [-0.2, -0.15) is 0 Å². The molecule has 0 fully saturated rings. The fourth-order valence-corrected chi connectivity index (χ4v) is 6.20. The Morgan fingerprint density at radius 1 is 0.574 bits per heavy atom. The highest BCUT2D eigenvalue weighted by Crippen LogP contribution is 2.38. The molecule has 0 N–H and O–H groups in total. The molecule has 0 aromatic carbocycles. The van der Waals surface area contributed by atoms with E-state index in [4.69, 9.17) is 18.5 Å². The molecule has 0 heterocycles. The summed E-state index contributed by atoms with van der Waals surface area (Å²) < 4.78 is 33.8. The molecule has 314 valence electrons. The lowest BCUT2D eigenvalue weighted by Gasteiger charge is -2.28. The van der Waals surface area contributed by atoms with Crippen molar-refractivity contribution >= 4 is 19.8 Å². The number of unbranched alkanes of at least 4 members (excludes halogenated alkanes) is 16. The Hall–Kier alpha value is -2.03. The Morgan fingerprint density at radius 3 is 1.56 bits per heavy atom. The van der Waals surface area contributed by atoms with Gasteiger partial charge in [0.1, 0.15) is 19.8 Å². The molecular formula is C44H80NO8P. The maximum atomic E-state index is 12.6. The van der Waals surface area contributed by atoms with E-state index in [0.717, 1.165) is 64.2 Å². The van der Waals surface area contributed by atoms with Crippen LogP contribution in [0.4, 0.5) is 0 Å². The van der Waals surface area contributed by atoms with E-state index in [9.17, 15) is 19.0 Å². The molecule has 0 bridgehead atoms. The lowest BCUT2D eigenvalue weighted by atomic mass is 10.0. The van der Waals surface area contributed by atoms with Gasteiger partial charge in [-0.1, -0.05) is 152 Å². The minimum Gasteiger partial charge on any atom is -0.756 e. The number of likely N-dealkylation sites (N-methyl/N-ethyl adjacent to an activating group) is 1. The Balaban J connectivity index is 4.45. The molecule has 0 saturated heterocycles. The molecule has 2 atom stereocenters. The summed E-state index contributed by atoms with van der Waals surface area (Å²) in [5.41, 5.74) is 0. The summed E-state index contributed by atoms with van der Waals surface area (Å²) in [7, 11) is 1.14. The van der Waals surface area contributed by atoms with Crippen molar-refractivity contribution in [3.05, 3.63) is 48.6 Å². The second-order valence-corrected chi connectivity index (χ2v) is 16.8. The highest BCUT2D eigenvalue weighted by Gasteiger charge is 2.21. The topological polar surface area (TPSA) is 111 Å². The van der Waals surface area contributed by atoms with Crippen molar-refractivity contribution < 1.29 is 42.1 Å². The zero-order chi connectivity index (χ0) is 40.0. The third-order valence-corrected chi connectivity index (χ3v) is 9.80. The van der Waals surface area contributed by atoms with Crippen molar-refractivity contribution in [2.45, 2.75) is 174 Å². The number of esters is 2. The number of hydrogen-bond donors (Lipinski definition) is 0. The summed E-state index contributed by atoms with van der Waals surface area (Å²) >= 11 is 0. The van der Waals surface area contributed by atoms with Crippen molar-refractivity contribution in [3.63, 3.8) is 0 Å². The number of hydrogen-bond acceptors (Lipinski definition) is 8. The van der Waals surface area contributed by atoms with E-state index >= 15 is 0 Å². The average Bonchev–Trinajstić information content (AvgIpc) is 3.12. The van der Waals surface area contributed by atoms with Gasteiger partial charge >= 0.3 is 11.9 Å². The van der Waals surface area contributed by atoms with Crippen LogP contribution in [0.2, 0.25) is 0 Å². The molecule has 0 aromatic rings. The van der Waals surface area contributed by atoms with E-state index in [-0.39, 0.29) is 26.1 Å². The van der Waals surface area contributed by atoms with E-state index in [1.807, 2.05) is 21.1 Å². The van der Waals surface area contributed by atoms with Gasteiger partial charge in [-0.25, -0.2) is 0 Å². The zero-order valence-electron chi connectivity index (χ0n) is 35.2. The SMILES string of the molecule is CCC/C=C/C/C=C/C/C=C/C/C=C/CCCCCC(=O)O[C@H](COC(=O)CCCCCCCCCCCCCCC)COP(=O)([O-])OCC[N+](C)(C)C. The van der Waals surface area contributed by atoms with Crippen LogP contribution in [0.15, 0.2) is 48.6 Å². The summed E-state index contributed by atoms with van der Waals surface area (Å²) in [4.78, 5) is 37.5. The molecule has 0 aliphatic carbocycles. The van der Waals surface area contributed by atoms with Crippen LogP contribution < -0.4 is 4.89 Å². The smallest absolute Gasteiger partial charge is 0.306 e. The number of quaternary nitrogens is 1. The average molecular weight is 782 g/mol. The predicted molar refractivity (Wildman–Crippen MR) is 222 cm³/mol. The molecule has 0 aliphatic heterocycles. The molecule has 0 radical (unpaired) electrons. The number of carbonyl (C=O) groups excluding carboxylic acids is 2. The van der Waals surface area contributed by atoms with E-state index in [1.54, 1.807) is 0 Å². The monoisotopic (exact) mass is 782 g/mol. The summed E-state index contributed by atoms with van der Waals surface area (Å²) in [5, 5.41) is 0. The first-order valence-electron chi connectivity index (χ1n) is 21.3. The van der Waals surface area contributed by atoms with Crippen LogP contribution in [-0.4, -0.2) is 70.0 Å². The standard InChI is InChI=1S/C44H80NO8P/c1-6-8-10-12-14-16-18-20-21-22-23-25-27-29-31-33-35-37-44(47)53-42(41-52-54(48,49)51-39-38-45(3,4)5)40-50-43(46)36-34-32-30-28-26-24-19-17-15-13-11-9-7-2/h10,12,16,18,21-22,25,27,42H,6-9,11,13-15,17,19-20,23-24,26,28-41H2,1-5H3/b12-10+,18-16+,22-21+,27-25+/t42-/m1/s1. The van der Waals surface area contributed by atoms with Crippen molar-refractivity contribution in [2.24, 2.45) is 0 Å². The van der Waals surface area contributed by atoms with Crippen LogP contribution >= 0.6 is 7.82 Å². The van der Waals surface area contributed by atoms with E-state index in [2.05, 4.69) is 62.5 Å². The number of carbonyl (C=O) groups is 2. The lowest BCUT2D eigenvalue weighted by Crippen LogP contribution is -2.37. The van der Waals surface area contributed by atoms with Gasteiger partial charge in [-0.05, 0) is 51.4 Å². The van der Waals surface area contributed by atoms with E-state index in [1.165, 1.54) is 70.6 Å². The van der Waals surface area contributed by atoms with Gasteiger partial charge in [0.2, 0.25) is 0 Å². The Kier molecular flexibility index (Phi) is 35.2. The van der Waals surface area contributed by atoms with Gasteiger partial charge in [0.05, 0.1) is 27.7 Å². The normalized spacial score (nSPS) is 14.1. The van der Waals surface area contributed by atoms with Gasteiger partial charge in [0.15, 0.2) is 6.10 Å². The highest BCUT2D eigenvalue weighted by molar-refractivity contribution is 7.45. The van der Waals surface area contributed by atoms with Crippen molar-refractivity contribution in [3.8, 4) is 0 Å². The van der Waals surface area contributed by atoms with E-state index in [0.29, 0.717) is 17.4 Å². The number of nitrogens with zero attached hydrogens (tertiary/aromatic N) is 1. The number of phosphoric ester groups is 1. The first-order valence-corrected chi connectivity index (χ1v) is 22.8. The molecule has 54 heavy (non-hydrogen) atoms. The molecule has 0 rings (SSSR count). The lowest BCUT2D eigenvalue weighted by molar-refractivity contribution is -0.870. The third-order valence-electron chi connectivity index (χ3n) is 8.83. The summed E-state index contributed by atoms with van der Waals surface area (Å²) in [6, 6.07) is 0. The number of rotatable bonds is 38. The molecule has 0 amide bonds. The molecule has 0 aliphatic rings. The van der Waals surface area contributed by atoms with Crippen molar-refractivity contribution in [2.75, 3.05) is 47.5 Å². The minimum atomic E-state index is -4.63. The predicted octanol–water partition coefficient (Wildman–Crippen LogP) is 11.3. The van der Waals surface area contributed by atoms with Gasteiger partial charge < -0.3 is 27.9 Å². The van der Waals surface area contributed by atoms with Crippen molar-refractivity contribution in [1.29, 1.82) is 0 Å². The first kappa shape index (κ1) is 52.0. The molecule has 0 aromatic heterocycles. The van der Waals surface area contributed by atoms with Crippen LogP contribution in [0.5, 0.6) is 0 Å². The second kappa shape index (κ2) is 36.6. The van der Waals surface area contributed by atoms with Gasteiger partial charge in [0.25, 0.3) is 7.82 Å². The van der Waals surface area contributed by atoms with Crippen LogP contribution in [0.25, 0.3) is 0 Å². The summed E-state index contributed by atoms with van der Waals surface area (Å²) in [6.45, 7) is 4.11. The molecule has 9 nitrogen and oxygen atoms in total. The fourth-order valence-electron chi connectivity index (χ4n) is 5.47. The first-order chi connectivity index (χ1) is 26.0. The number of phosphoric acid groups is 1.